The van der Waals surface area contributed by atoms with Gasteiger partial charge in [-0.1, -0.05) is 11.6 Å². The molecule has 0 radical (unpaired) electrons. The quantitative estimate of drug-likeness (QED) is 0.706. The molecule has 1 aliphatic heterocycles. The fourth-order valence-corrected chi connectivity index (χ4v) is 3.35. The standard InChI is InChI=1S/C15H17ClN2O5S/c1-15(23,14(21)22)7-17-12(19)11-6-24-8-18(11)13(20)9-2-4-10(16)5-3-9/h2-5,11,23H,6-8H2,1H3,(H,17,19)(H,21,22). The van der Waals surface area contributed by atoms with Gasteiger partial charge in [-0.25, -0.2) is 4.79 Å². The highest BCUT2D eigenvalue weighted by Gasteiger charge is 2.37. The van der Waals surface area contributed by atoms with Crippen LogP contribution in [0.1, 0.15) is 17.3 Å². The zero-order valence-electron chi connectivity index (χ0n) is 12.9. The highest BCUT2D eigenvalue weighted by molar-refractivity contribution is 7.99. The van der Waals surface area contributed by atoms with Gasteiger partial charge in [-0.15, -0.1) is 11.8 Å². The summed E-state index contributed by atoms with van der Waals surface area (Å²) >= 11 is 7.22. The maximum atomic E-state index is 12.5. The number of rotatable bonds is 5. The summed E-state index contributed by atoms with van der Waals surface area (Å²) in [5, 5.41) is 21.4. The van der Waals surface area contributed by atoms with Crippen LogP contribution in [-0.2, 0) is 9.59 Å². The van der Waals surface area contributed by atoms with Crippen molar-refractivity contribution in [2.24, 2.45) is 0 Å². The van der Waals surface area contributed by atoms with Crippen LogP contribution < -0.4 is 5.32 Å². The van der Waals surface area contributed by atoms with E-state index in [4.69, 9.17) is 16.7 Å². The van der Waals surface area contributed by atoms with E-state index in [9.17, 15) is 19.5 Å². The average Bonchev–Trinajstić information content (AvgIpc) is 3.02. The lowest BCUT2D eigenvalue weighted by molar-refractivity contribution is -0.156. The number of carboxylic acids is 1. The third-order valence-corrected chi connectivity index (χ3v) is 4.87. The van der Waals surface area contributed by atoms with Gasteiger partial charge in [-0.3, -0.25) is 9.59 Å². The number of thioether (sulfide) groups is 1. The molecule has 0 aliphatic carbocycles. The number of nitrogens with zero attached hydrogens (tertiary/aromatic N) is 1. The lowest BCUT2D eigenvalue weighted by Gasteiger charge is -2.25. The molecule has 2 unspecified atom stereocenters. The van der Waals surface area contributed by atoms with Crippen molar-refractivity contribution in [1.29, 1.82) is 0 Å². The molecule has 0 aromatic heterocycles. The molecule has 1 aromatic carbocycles. The van der Waals surface area contributed by atoms with Crippen LogP contribution in [-0.4, -0.2) is 62.7 Å². The molecular weight excluding hydrogens is 356 g/mol. The van der Waals surface area contributed by atoms with E-state index < -0.39 is 30.1 Å². The van der Waals surface area contributed by atoms with E-state index in [0.29, 0.717) is 22.2 Å². The average molecular weight is 373 g/mol. The Bertz CT molecular complexity index is 650. The van der Waals surface area contributed by atoms with Crippen LogP contribution in [0.25, 0.3) is 0 Å². The Kier molecular flexibility index (Phi) is 5.74. The summed E-state index contributed by atoms with van der Waals surface area (Å²) in [6.45, 7) is 0.654. The summed E-state index contributed by atoms with van der Waals surface area (Å²) in [7, 11) is 0. The second-order valence-electron chi connectivity index (χ2n) is 5.59. The van der Waals surface area contributed by atoms with Crippen molar-refractivity contribution in [2.45, 2.75) is 18.6 Å². The van der Waals surface area contributed by atoms with E-state index in [1.54, 1.807) is 24.3 Å². The van der Waals surface area contributed by atoms with Gasteiger partial charge in [0.2, 0.25) is 5.91 Å². The van der Waals surface area contributed by atoms with Crippen molar-refractivity contribution in [3.8, 4) is 0 Å². The second kappa shape index (κ2) is 7.42. The van der Waals surface area contributed by atoms with E-state index in [2.05, 4.69) is 5.32 Å². The molecule has 9 heteroatoms. The molecule has 1 aliphatic rings. The van der Waals surface area contributed by atoms with Crippen LogP contribution in [0.2, 0.25) is 5.02 Å². The van der Waals surface area contributed by atoms with Crippen molar-refractivity contribution in [3.63, 3.8) is 0 Å². The first-order valence-electron chi connectivity index (χ1n) is 7.10. The molecule has 0 spiro atoms. The number of benzene rings is 1. The summed E-state index contributed by atoms with van der Waals surface area (Å²) < 4.78 is 0. The van der Waals surface area contributed by atoms with Gasteiger partial charge in [0.05, 0.1) is 12.4 Å². The summed E-state index contributed by atoms with van der Waals surface area (Å²) in [5.74, 6) is -1.47. The lowest BCUT2D eigenvalue weighted by atomic mass is 10.1. The van der Waals surface area contributed by atoms with Crippen molar-refractivity contribution in [1.82, 2.24) is 10.2 Å². The molecule has 130 valence electrons. The van der Waals surface area contributed by atoms with Crippen LogP contribution >= 0.6 is 23.4 Å². The fraction of sp³-hybridized carbons (Fsp3) is 0.400. The molecule has 24 heavy (non-hydrogen) atoms. The SMILES string of the molecule is CC(O)(CNC(=O)C1CSCN1C(=O)c1ccc(Cl)cc1)C(=O)O. The van der Waals surface area contributed by atoms with Gasteiger partial charge < -0.3 is 20.4 Å². The fourth-order valence-electron chi connectivity index (χ4n) is 2.07. The topological polar surface area (TPSA) is 107 Å². The van der Waals surface area contributed by atoms with E-state index in [1.165, 1.54) is 16.7 Å². The molecule has 2 rings (SSSR count). The molecule has 1 aromatic rings. The minimum atomic E-state index is -2.06. The summed E-state index contributed by atoms with van der Waals surface area (Å²) in [6.07, 6.45) is 0. The summed E-state index contributed by atoms with van der Waals surface area (Å²) in [5.41, 5.74) is -1.65. The van der Waals surface area contributed by atoms with E-state index in [1.807, 2.05) is 0 Å². The molecule has 2 amide bonds. The number of hydrogen-bond donors (Lipinski definition) is 3. The van der Waals surface area contributed by atoms with Gasteiger partial charge in [-0.2, -0.15) is 0 Å². The van der Waals surface area contributed by atoms with E-state index >= 15 is 0 Å². The van der Waals surface area contributed by atoms with Crippen LogP contribution in [0.4, 0.5) is 0 Å². The first-order chi connectivity index (χ1) is 11.2. The third kappa shape index (κ3) is 4.19. The van der Waals surface area contributed by atoms with Crippen LogP contribution in [0.3, 0.4) is 0 Å². The van der Waals surface area contributed by atoms with E-state index in [-0.39, 0.29) is 5.91 Å². The predicted octanol–water partition coefficient (Wildman–Crippen LogP) is 0.807. The monoisotopic (exact) mass is 372 g/mol. The van der Waals surface area contributed by atoms with Crippen molar-refractivity contribution in [3.05, 3.63) is 34.9 Å². The summed E-state index contributed by atoms with van der Waals surface area (Å²) in [4.78, 5) is 37.1. The Morgan fingerprint density at radius 1 is 1.38 bits per heavy atom. The molecule has 7 nitrogen and oxygen atoms in total. The Balaban J connectivity index is 2.04. The molecular formula is C15H17ClN2O5S. The first kappa shape index (κ1) is 18.6. The third-order valence-electron chi connectivity index (χ3n) is 3.60. The summed E-state index contributed by atoms with van der Waals surface area (Å²) in [6, 6.07) is 5.63. The van der Waals surface area contributed by atoms with Crippen LogP contribution in [0.15, 0.2) is 24.3 Å². The lowest BCUT2D eigenvalue weighted by Crippen LogP contribution is -2.52. The Hall–Kier alpha value is -1.77. The second-order valence-corrected chi connectivity index (χ2v) is 7.03. The Morgan fingerprint density at radius 2 is 2.00 bits per heavy atom. The maximum absolute atomic E-state index is 12.5. The number of aliphatic hydroxyl groups is 1. The van der Waals surface area contributed by atoms with Gasteiger partial charge in [0.25, 0.3) is 5.91 Å². The highest BCUT2D eigenvalue weighted by atomic mass is 35.5. The van der Waals surface area contributed by atoms with Crippen molar-refractivity contribution >= 4 is 41.1 Å². The molecule has 1 fully saturated rings. The largest absolute Gasteiger partial charge is 0.479 e. The van der Waals surface area contributed by atoms with Crippen LogP contribution in [0.5, 0.6) is 0 Å². The zero-order valence-corrected chi connectivity index (χ0v) is 14.4. The number of carbonyl (C=O) groups excluding carboxylic acids is 2. The zero-order chi connectivity index (χ0) is 17.9. The van der Waals surface area contributed by atoms with Gasteiger partial charge >= 0.3 is 5.97 Å². The Morgan fingerprint density at radius 3 is 2.58 bits per heavy atom. The van der Waals surface area contributed by atoms with Gasteiger partial charge in [0, 0.05) is 16.3 Å². The van der Waals surface area contributed by atoms with Gasteiger partial charge in [0.15, 0.2) is 5.60 Å². The minimum Gasteiger partial charge on any atom is -0.479 e. The number of hydrogen-bond acceptors (Lipinski definition) is 5. The van der Waals surface area contributed by atoms with Crippen LogP contribution in [0, 0.1) is 0 Å². The van der Waals surface area contributed by atoms with Gasteiger partial charge in [-0.05, 0) is 31.2 Å². The number of amides is 2. The molecule has 0 bridgehead atoms. The number of halogens is 1. The van der Waals surface area contributed by atoms with Gasteiger partial charge in [0.1, 0.15) is 6.04 Å². The Labute approximate surface area is 148 Å². The number of carboxylic acid groups (broad SMARTS) is 1. The van der Waals surface area contributed by atoms with Crippen molar-refractivity contribution < 1.29 is 24.6 Å². The maximum Gasteiger partial charge on any atom is 0.337 e. The van der Waals surface area contributed by atoms with E-state index in [0.717, 1.165) is 6.92 Å². The molecule has 0 saturated carbocycles. The first-order valence-corrected chi connectivity index (χ1v) is 8.63. The smallest absolute Gasteiger partial charge is 0.337 e. The molecule has 3 N–H and O–H groups in total. The normalized spacial score (nSPS) is 19.6. The highest BCUT2D eigenvalue weighted by Crippen LogP contribution is 2.24. The molecule has 2 atom stereocenters. The molecule has 1 saturated heterocycles. The molecule has 1 heterocycles. The number of carbonyl (C=O) groups is 3. The minimum absolute atomic E-state index is 0.304. The van der Waals surface area contributed by atoms with Crippen molar-refractivity contribution in [2.75, 3.05) is 18.2 Å². The predicted molar refractivity (Wildman–Crippen MR) is 90.0 cm³/mol. The number of aliphatic carboxylic acids is 1. The number of nitrogens with one attached hydrogen (secondary N) is 1.